The molecule has 2 nitrogen and oxygen atoms in total. The van der Waals surface area contributed by atoms with Crippen molar-refractivity contribution in [3.05, 3.63) is 34.3 Å². The molecule has 0 spiro atoms. The van der Waals surface area contributed by atoms with E-state index in [1.165, 1.54) is 0 Å². The fourth-order valence-electron chi connectivity index (χ4n) is 1.54. The standard InChI is InChI=1S/C13H16BrNOS/c1-4-10(9-13(2,3)17(15)16)11-5-7-12(14)8-6-11/h1,5-8,10H,9,15H2,2-3H3/t10-,17?/m0/s1. The largest absolute Gasteiger partial charge is 0.251 e. The molecule has 0 saturated heterocycles. The summed E-state index contributed by atoms with van der Waals surface area (Å²) in [5, 5.41) is 5.47. The van der Waals surface area contributed by atoms with E-state index in [0.29, 0.717) is 6.42 Å². The third-order valence-electron chi connectivity index (χ3n) is 2.71. The van der Waals surface area contributed by atoms with Crippen LogP contribution in [0, 0.1) is 12.3 Å². The summed E-state index contributed by atoms with van der Waals surface area (Å²) in [6, 6.07) is 7.85. The van der Waals surface area contributed by atoms with Crippen molar-refractivity contribution in [2.45, 2.75) is 30.9 Å². The highest BCUT2D eigenvalue weighted by atomic mass is 79.9. The van der Waals surface area contributed by atoms with Gasteiger partial charge in [-0.15, -0.1) is 6.42 Å². The summed E-state index contributed by atoms with van der Waals surface area (Å²) in [6.07, 6.45) is 6.15. The van der Waals surface area contributed by atoms with Gasteiger partial charge in [-0.3, -0.25) is 5.14 Å². The van der Waals surface area contributed by atoms with Gasteiger partial charge in [-0.2, -0.15) is 0 Å². The minimum absolute atomic E-state index is 0.0643. The predicted octanol–water partition coefficient (Wildman–Crippen LogP) is 2.96. The Labute approximate surface area is 114 Å². The molecule has 0 aromatic heterocycles. The fraction of sp³-hybridized carbons (Fsp3) is 0.385. The van der Waals surface area contributed by atoms with E-state index in [0.717, 1.165) is 10.0 Å². The topological polar surface area (TPSA) is 43.1 Å². The number of halogens is 1. The van der Waals surface area contributed by atoms with Crippen LogP contribution in [0.1, 0.15) is 31.7 Å². The summed E-state index contributed by atoms with van der Waals surface area (Å²) in [5.74, 6) is 2.68. The zero-order chi connectivity index (χ0) is 13.1. The number of hydrogen-bond acceptors (Lipinski definition) is 1. The first-order chi connectivity index (χ1) is 7.86. The molecule has 0 aliphatic carbocycles. The van der Waals surface area contributed by atoms with Crippen molar-refractivity contribution in [3.63, 3.8) is 0 Å². The van der Waals surface area contributed by atoms with Crippen molar-refractivity contribution in [1.29, 1.82) is 0 Å². The van der Waals surface area contributed by atoms with Crippen LogP contribution >= 0.6 is 15.9 Å². The number of terminal acetylenes is 1. The summed E-state index contributed by atoms with van der Waals surface area (Å²) >= 11 is 3.38. The van der Waals surface area contributed by atoms with Gasteiger partial charge in [0.2, 0.25) is 0 Å². The SMILES string of the molecule is C#C[C@@H](CC(C)(C)S(N)=O)c1ccc(Br)cc1. The molecule has 4 heteroatoms. The molecule has 1 aromatic carbocycles. The Bertz CT molecular complexity index is 447. The highest BCUT2D eigenvalue weighted by Crippen LogP contribution is 2.28. The molecule has 0 aliphatic rings. The molecule has 0 aliphatic heterocycles. The molecule has 0 fully saturated rings. The lowest BCUT2D eigenvalue weighted by Gasteiger charge is -2.24. The number of nitrogens with two attached hydrogens (primary N) is 1. The van der Waals surface area contributed by atoms with Gasteiger partial charge in [-0.05, 0) is 38.0 Å². The predicted molar refractivity (Wildman–Crippen MR) is 76.7 cm³/mol. The maximum atomic E-state index is 11.4. The maximum absolute atomic E-state index is 11.4. The van der Waals surface area contributed by atoms with Crippen LogP contribution in [0.4, 0.5) is 0 Å². The van der Waals surface area contributed by atoms with Crippen molar-refractivity contribution < 1.29 is 4.21 Å². The van der Waals surface area contributed by atoms with Crippen LogP contribution in [0.15, 0.2) is 28.7 Å². The molecule has 2 N–H and O–H groups in total. The lowest BCUT2D eigenvalue weighted by molar-refractivity contribution is 0.570. The fourth-order valence-corrected chi connectivity index (χ4v) is 2.14. The Morgan fingerprint density at radius 2 is 2.00 bits per heavy atom. The quantitative estimate of drug-likeness (QED) is 0.853. The van der Waals surface area contributed by atoms with Crippen LogP contribution < -0.4 is 5.14 Å². The third-order valence-corrected chi connectivity index (χ3v) is 4.50. The van der Waals surface area contributed by atoms with E-state index in [1.54, 1.807) is 0 Å². The number of benzene rings is 1. The molecule has 0 amide bonds. The van der Waals surface area contributed by atoms with Crippen LogP contribution in [-0.2, 0) is 11.0 Å². The Balaban J connectivity index is 2.91. The minimum atomic E-state index is -1.38. The molecular weight excluding hydrogens is 298 g/mol. The van der Waals surface area contributed by atoms with Crippen LogP contribution in [-0.4, -0.2) is 8.96 Å². The average Bonchev–Trinajstić information content (AvgIpc) is 2.27. The molecule has 1 unspecified atom stereocenters. The van der Waals surface area contributed by atoms with Crippen LogP contribution in [0.2, 0.25) is 0 Å². The number of rotatable bonds is 4. The van der Waals surface area contributed by atoms with Crippen LogP contribution in [0.25, 0.3) is 0 Å². The van der Waals surface area contributed by atoms with Crippen LogP contribution in [0.3, 0.4) is 0 Å². The van der Waals surface area contributed by atoms with E-state index in [1.807, 2.05) is 38.1 Å². The number of hydrogen-bond donors (Lipinski definition) is 1. The lowest BCUT2D eigenvalue weighted by Crippen LogP contribution is -2.33. The molecular formula is C13H16BrNOS. The van der Waals surface area contributed by atoms with Crippen molar-refractivity contribution in [2.24, 2.45) is 5.14 Å². The van der Waals surface area contributed by atoms with Gasteiger partial charge in [0.25, 0.3) is 0 Å². The summed E-state index contributed by atoms with van der Waals surface area (Å²) in [5.41, 5.74) is 1.05. The molecule has 0 bridgehead atoms. The van der Waals surface area contributed by atoms with Crippen LogP contribution in [0.5, 0.6) is 0 Å². The van der Waals surface area contributed by atoms with Gasteiger partial charge in [-0.25, -0.2) is 4.21 Å². The summed E-state index contributed by atoms with van der Waals surface area (Å²) in [7, 11) is -1.38. The monoisotopic (exact) mass is 313 g/mol. The lowest BCUT2D eigenvalue weighted by atomic mass is 9.90. The highest BCUT2D eigenvalue weighted by molar-refractivity contribution is 9.10. The molecule has 0 radical (unpaired) electrons. The van der Waals surface area contributed by atoms with Gasteiger partial charge in [0.15, 0.2) is 0 Å². The second-order valence-corrected chi connectivity index (χ2v) is 7.15. The summed E-state index contributed by atoms with van der Waals surface area (Å²) < 4.78 is 11.9. The van der Waals surface area contributed by atoms with Gasteiger partial charge in [0.05, 0.1) is 15.7 Å². The smallest absolute Gasteiger partial charge is 0.0946 e. The summed E-state index contributed by atoms with van der Waals surface area (Å²) in [4.78, 5) is 0. The zero-order valence-electron chi connectivity index (χ0n) is 9.94. The summed E-state index contributed by atoms with van der Waals surface area (Å²) in [6.45, 7) is 3.73. The highest BCUT2D eigenvalue weighted by Gasteiger charge is 2.27. The molecule has 92 valence electrons. The third kappa shape index (κ3) is 3.95. The van der Waals surface area contributed by atoms with Gasteiger partial charge >= 0.3 is 0 Å². The van der Waals surface area contributed by atoms with Gasteiger partial charge in [0.1, 0.15) is 0 Å². The van der Waals surface area contributed by atoms with Crippen molar-refractivity contribution >= 4 is 26.9 Å². The second-order valence-electron chi connectivity index (χ2n) is 4.53. The Kier molecular flexibility index (Phi) is 4.93. The van der Waals surface area contributed by atoms with E-state index in [2.05, 4.69) is 21.9 Å². The molecule has 17 heavy (non-hydrogen) atoms. The zero-order valence-corrected chi connectivity index (χ0v) is 12.3. The van der Waals surface area contributed by atoms with Crippen molar-refractivity contribution in [3.8, 4) is 12.3 Å². The Morgan fingerprint density at radius 1 is 1.47 bits per heavy atom. The Hall–Kier alpha value is -0.630. The van der Waals surface area contributed by atoms with E-state index < -0.39 is 15.7 Å². The maximum Gasteiger partial charge on any atom is 0.0946 e. The first kappa shape index (κ1) is 14.4. The van der Waals surface area contributed by atoms with E-state index >= 15 is 0 Å². The van der Waals surface area contributed by atoms with Crippen molar-refractivity contribution in [1.82, 2.24) is 0 Å². The second kappa shape index (κ2) is 5.81. The normalized spacial score (nSPS) is 15.0. The minimum Gasteiger partial charge on any atom is -0.251 e. The van der Waals surface area contributed by atoms with Crippen molar-refractivity contribution in [2.75, 3.05) is 0 Å². The molecule has 0 saturated carbocycles. The van der Waals surface area contributed by atoms with Gasteiger partial charge in [0, 0.05) is 10.4 Å². The Morgan fingerprint density at radius 3 is 2.41 bits per heavy atom. The van der Waals surface area contributed by atoms with E-state index in [9.17, 15) is 4.21 Å². The molecule has 1 rings (SSSR count). The van der Waals surface area contributed by atoms with E-state index in [-0.39, 0.29) is 5.92 Å². The van der Waals surface area contributed by atoms with Gasteiger partial charge in [-0.1, -0.05) is 34.0 Å². The first-order valence-electron chi connectivity index (χ1n) is 5.24. The first-order valence-corrected chi connectivity index (χ1v) is 7.25. The van der Waals surface area contributed by atoms with E-state index in [4.69, 9.17) is 11.6 Å². The molecule has 2 atom stereocenters. The average molecular weight is 314 g/mol. The van der Waals surface area contributed by atoms with Gasteiger partial charge < -0.3 is 0 Å². The molecule has 0 heterocycles. The molecule has 1 aromatic rings.